The minimum absolute atomic E-state index is 0.165. The molecular weight excluding hydrogens is 374 g/mol. The van der Waals surface area contributed by atoms with Gasteiger partial charge < -0.3 is 5.11 Å². The zero-order valence-electron chi connectivity index (χ0n) is 13.1. The molecule has 0 aliphatic carbocycles. The van der Waals surface area contributed by atoms with Gasteiger partial charge in [0.2, 0.25) is 0 Å². The molecule has 1 fully saturated rings. The zero-order valence-corrected chi connectivity index (χ0v) is 15.6. The number of carbonyl (C=O) groups is 2. The molecular formula is C18H13NO3S3. The number of aromatic carboxylic acids is 1. The van der Waals surface area contributed by atoms with Gasteiger partial charge in [0.05, 0.1) is 16.2 Å². The van der Waals surface area contributed by atoms with E-state index in [0.29, 0.717) is 14.9 Å². The van der Waals surface area contributed by atoms with Crippen LogP contribution in [0.4, 0.5) is 5.69 Å². The van der Waals surface area contributed by atoms with Crippen molar-refractivity contribution in [3.8, 4) is 0 Å². The smallest absolute Gasteiger partial charge is 0.335 e. The van der Waals surface area contributed by atoms with Crippen molar-refractivity contribution in [2.75, 3.05) is 11.2 Å². The van der Waals surface area contributed by atoms with Crippen molar-refractivity contribution in [2.24, 2.45) is 0 Å². The van der Waals surface area contributed by atoms with Crippen LogP contribution in [0.25, 0.3) is 6.08 Å². The number of benzene rings is 2. The molecule has 1 heterocycles. The fourth-order valence-electron chi connectivity index (χ4n) is 2.29. The third-order valence-corrected chi connectivity index (χ3v) is 5.63. The van der Waals surface area contributed by atoms with Crippen molar-refractivity contribution in [1.29, 1.82) is 0 Å². The molecule has 1 saturated heterocycles. The molecule has 0 spiro atoms. The Balaban J connectivity index is 1.86. The van der Waals surface area contributed by atoms with E-state index in [1.165, 1.54) is 28.8 Å². The van der Waals surface area contributed by atoms with E-state index < -0.39 is 5.97 Å². The summed E-state index contributed by atoms with van der Waals surface area (Å²) in [6.07, 6.45) is 3.82. The van der Waals surface area contributed by atoms with E-state index in [1.807, 2.05) is 36.6 Å². The number of anilines is 1. The van der Waals surface area contributed by atoms with Crippen molar-refractivity contribution in [3.05, 3.63) is 64.6 Å². The summed E-state index contributed by atoms with van der Waals surface area (Å²) in [5, 5.41) is 8.97. The van der Waals surface area contributed by atoms with Gasteiger partial charge in [-0.2, -0.15) is 0 Å². The maximum atomic E-state index is 12.7. The van der Waals surface area contributed by atoms with Crippen molar-refractivity contribution in [1.82, 2.24) is 0 Å². The number of hydrogen-bond acceptors (Lipinski definition) is 5. The van der Waals surface area contributed by atoms with E-state index >= 15 is 0 Å². The second kappa shape index (κ2) is 7.43. The summed E-state index contributed by atoms with van der Waals surface area (Å²) in [7, 11) is 0. The molecule has 126 valence electrons. The first-order valence-electron chi connectivity index (χ1n) is 7.25. The predicted molar refractivity (Wildman–Crippen MR) is 107 cm³/mol. The van der Waals surface area contributed by atoms with Crippen molar-refractivity contribution in [2.45, 2.75) is 4.90 Å². The lowest BCUT2D eigenvalue weighted by Crippen LogP contribution is -2.27. The van der Waals surface area contributed by atoms with Gasteiger partial charge in [0.25, 0.3) is 5.91 Å². The minimum atomic E-state index is -1.01. The normalized spacial score (nSPS) is 15.9. The van der Waals surface area contributed by atoms with E-state index in [1.54, 1.807) is 23.9 Å². The monoisotopic (exact) mass is 387 g/mol. The first-order chi connectivity index (χ1) is 12.0. The quantitative estimate of drug-likeness (QED) is 0.473. The maximum Gasteiger partial charge on any atom is 0.335 e. The Kier molecular flexibility index (Phi) is 5.27. The largest absolute Gasteiger partial charge is 0.478 e. The lowest BCUT2D eigenvalue weighted by atomic mass is 10.2. The van der Waals surface area contributed by atoms with Crippen LogP contribution in [0, 0.1) is 0 Å². The third-order valence-electron chi connectivity index (χ3n) is 3.58. The number of thioether (sulfide) groups is 2. The summed E-state index contributed by atoms with van der Waals surface area (Å²) >= 11 is 8.22. The fourth-order valence-corrected chi connectivity index (χ4v) is 4.00. The number of carboxylic acids is 1. The third kappa shape index (κ3) is 3.78. The van der Waals surface area contributed by atoms with Crippen molar-refractivity contribution >= 4 is 63.7 Å². The zero-order chi connectivity index (χ0) is 18.0. The van der Waals surface area contributed by atoms with Crippen molar-refractivity contribution in [3.63, 3.8) is 0 Å². The SMILES string of the molecule is CSc1ccc(/C=C2\SC(=S)N(c3ccc(C(=O)O)cc3)C2=O)cc1. The average molecular weight is 388 g/mol. The summed E-state index contributed by atoms with van der Waals surface area (Å²) in [6.45, 7) is 0. The fraction of sp³-hybridized carbons (Fsp3) is 0.0556. The first-order valence-corrected chi connectivity index (χ1v) is 9.70. The van der Waals surface area contributed by atoms with Crippen LogP contribution in [0.3, 0.4) is 0 Å². The van der Waals surface area contributed by atoms with Crippen LogP contribution in [0.5, 0.6) is 0 Å². The van der Waals surface area contributed by atoms with Gasteiger partial charge in [0, 0.05) is 4.90 Å². The van der Waals surface area contributed by atoms with E-state index in [2.05, 4.69) is 0 Å². The Labute approximate surface area is 158 Å². The highest BCUT2D eigenvalue weighted by Crippen LogP contribution is 2.36. The highest BCUT2D eigenvalue weighted by atomic mass is 32.2. The Hall–Kier alpha value is -2.09. The molecule has 0 atom stereocenters. The summed E-state index contributed by atoms with van der Waals surface area (Å²) in [5.74, 6) is -1.21. The number of carboxylic acid groups (broad SMARTS) is 1. The Bertz CT molecular complexity index is 873. The van der Waals surface area contributed by atoms with E-state index in [-0.39, 0.29) is 11.5 Å². The van der Waals surface area contributed by atoms with Crippen LogP contribution in [-0.4, -0.2) is 27.6 Å². The average Bonchev–Trinajstić information content (AvgIpc) is 2.89. The highest BCUT2D eigenvalue weighted by molar-refractivity contribution is 8.27. The van der Waals surface area contributed by atoms with Gasteiger partial charge in [-0.15, -0.1) is 11.8 Å². The van der Waals surface area contributed by atoms with E-state index in [4.69, 9.17) is 17.3 Å². The number of hydrogen-bond donors (Lipinski definition) is 1. The first kappa shape index (κ1) is 17.7. The molecule has 25 heavy (non-hydrogen) atoms. The number of amides is 1. The van der Waals surface area contributed by atoms with Crippen LogP contribution in [0.2, 0.25) is 0 Å². The second-order valence-corrected chi connectivity index (χ2v) is 7.70. The summed E-state index contributed by atoms with van der Waals surface area (Å²) < 4.78 is 0.431. The standard InChI is InChI=1S/C18H13NO3S3/c1-24-14-8-2-11(3-9-14)10-15-16(20)19(18(23)25-15)13-6-4-12(5-7-13)17(21)22/h2-10H,1H3,(H,21,22)/b15-10-. The Morgan fingerprint density at radius 3 is 2.36 bits per heavy atom. The molecule has 1 aliphatic heterocycles. The van der Waals surface area contributed by atoms with Gasteiger partial charge in [0.15, 0.2) is 4.32 Å². The molecule has 1 amide bonds. The topological polar surface area (TPSA) is 57.6 Å². The molecule has 2 aromatic carbocycles. The van der Waals surface area contributed by atoms with E-state index in [9.17, 15) is 9.59 Å². The number of thiocarbonyl (C=S) groups is 1. The molecule has 7 heteroatoms. The molecule has 2 aromatic rings. The van der Waals surface area contributed by atoms with Crippen LogP contribution in [0.15, 0.2) is 58.3 Å². The van der Waals surface area contributed by atoms with Gasteiger partial charge in [-0.1, -0.05) is 36.1 Å². The van der Waals surface area contributed by atoms with Gasteiger partial charge in [-0.25, -0.2) is 4.79 Å². The molecule has 0 bridgehead atoms. The Morgan fingerprint density at radius 1 is 1.16 bits per heavy atom. The molecule has 0 saturated carbocycles. The van der Waals surface area contributed by atoms with Crippen LogP contribution in [-0.2, 0) is 4.79 Å². The molecule has 4 nitrogen and oxygen atoms in total. The van der Waals surface area contributed by atoms with Crippen LogP contribution in [0.1, 0.15) is 15.9 Å². The predicted octanol–water partition coefficient (Wildman–Crippen LogP) is 4.51. The molecule has 3 rings (SSSR count). The highest BCUT2D eigenvalue weighted by Gasteiger charge is 2.33. The molecule has 0 radical (unpaired) electrons. The van der Waals surface area contributed by atoms with Crippen LogP contribution >= 0.6 is 35.7 Å². The Morgan fingerprint density at radius 2 is 1.80 bits per heavy atom. The van der Waals surface area contributed by atoms with E-state index in [0.717, 1.165) is 10.5 Å². The molecule has 0 aromatic heterocycles. The van der Waals surface area contributed by atoms with Gasteiger partial charge in [-0.3, -0.25) is 9.69 Å². The van der Waals surface area contributed by atoms with Gasteiger partial charge in [-0.05, 0) is 54.3 Å². The summed E-state index contributed by atoms with van der Waals surface area (Å²) in [5.41, 5.74) is 1.66. The van der Waals surface area contributed by atoms with Crippen molar-refractivity contribution < 1.29 is 14.7 Å². The minimum Gasteiger partial charge on any atom is -0.478 e. The number of nitrogens with zero attached hydrogens (tertiary/aromatic N) is 1. The molecule has 0 unspecified atom stereocenters. The lowest BCUT2D eigenvalue weighted by molar-refractivity contribution is -0.113. The van der Waals surface area contributed by atoms with Gasteiger partial charge in [0.1, 0.15) is 0 Å². The summed E-state index contributed by atoms with van der Waals surface area (Å²) in [4.78, 5) is 26.8. The van der Waals surface area contributed by atoms with Gasteiger partial charge >= 0.3 is 5.97 Å². The second-order valence-electron chi connectivity index (χ2n) is 5.14. The number of carbonyl (C=O) groups excluding carboxylic acids is 1. The maximum absolute atomic E-state index is 12.7. The molecule has 1 N–H and O–H groups in total. The summed E-state index contributed by atoms with van der Waals surface area (Å²) in [6, 6.07) is 14.0. The lowest BCUT2D eigenvalue weighted by Gasteiger charge is -2.14. The number of rotatable bonds is 4. The van der Waals surface area contributed by atoms with Crippen LogP contribution < -0.4 is 4.90 Å². The molecule has 1 aliphatic rings.